The Morgan fingerprint density at radius 2 is 2.15 bits per heavy atom. The number of likely N-dealkylation sites (tertiary alicyclic amines) is 1. The van der Waals surface area contributed by atoms with Gasteiger partial charge in [0.05, 0.1) is 6.10 Å². The normalized spacial score (nSPS) is 20.6. The molecule has 27 heavy (non-hydrogen) atoms. The lowest BCUT2D eigenvalue weighted by Crippen LogP contribution is -2.44. The van der Waals surface area contributed by atoms with Crippen LogP contribution in [0.2, 0.25) is 18.1 Å². The summed E-state index contributed by atoms with van der Waals surface area (Å²) in [5.41, 5.74) is 2.17. The largest absolute Gasteiger partial charge is 0.445 e. The summed E-state index contributed by atoms with van der Waals surface area (Å²) in [7, 11) is -1.90. The van der Waals surface area contributed by atoms with Crippen LogP contribution in [0.3, 0.4) is 0 Å². The number of aromatic nitrogens is 1. The number of hydrogen-bond donors (Lipinski definition) is 0. The van der Waals surface area contributed by atoms with Crippen molar-refractivity contribution < 1.29 is 14.0 Å². The van der Waals surface area contributed by atoms with Gasteiger partial charge in [-0.25, -0.2) is 4.79 Å². The number of pyridine rings is 1. The van der Waals surface area contributed by atoms with E-state index < -0.39 is 8.32 Å². The quantitative estimate of drug-likeness (QED) is 0.521. The van der Waals surface area contributed by atoms with Crippen LogP contribution in [0.15, 0.2) is 31.0 Å². The summed E-state index contributed by atoms with van der Waals surface area (Å²) in [6.45, 7) is 17.6. The molecule has 1 saturated heterocycles. The number of amides is 1. The first-order valence-electron chi connectivity index (χ1n) is 9.67. The molecule has 0 aromatic carbocycles. The maximum atomic E-state index is 12.6. The van der Waals surface area contributed by atoms with Gasteiger partial charge in [0.15, 0.2) is 8.32 Å². The fraction of sp³-hybridized carbons (Fsp3) is 0.619. The van der Waals surface area contributed by atoms with Gasteiger partial charge in [-0.3, -0.25) is 4.98 Å². The van der Waals surface area contributed by atoms with Crippen LogP contribution in [-0.2, 0) is 15.6 Å². The van der Waals surface area contributed by atoms with Gasteiger partial charge in [0, 0.05) is 24.5 Å². The van der Waals surface area contributed by atoms with E-state index in [1.165, 1.54) is 5.56 Å². The van der Waals surface area contributed by atoms with E-state index in [4.69, 9.17) is 9.16 Å². The van der Waals surface area contributed by atoms with E-state index in [9.17, 15) is 4.79 Å². The SMILES string of the molecule is C=CCOC(=O)N1C[C@H](O[Si](C)(C)C(C)(C)C)C[C@H]1Cc1ccnc(C)c1. The van der Waals surface area contributed by atoms with E-state index in [2.05, 4.69) is 51.5 Å². The number of carbonyl (C=O) groups is 1. The van der Waals surface area contributed by atoms with Crippen molar-refractivity contribution in [2.24, 2.45) is 0 Å². The molecule has 1 fully saturated rings. The fourth-order valence-electron chi connectivity index (χ4n) is 3.19. The molecule has 1 aliphatic heterocycles. The van der Waals surface area contributed by atoms with Gasteiger partial charge < -0.3 is 14.1 Å². The molecule has 6 heteroatoms. The highest BCUT2D eigenvalue weighted by Crippen LogP contribution is 2.39. The van der Waals surface area contributed by atoms with Gasteiger partial charge in [-0.2, -0.15) is 0 Å². The summed E-state index contributed by atoms with van der Waals surface area (Å²) in [4.78, 5) is 18.7. The van der Waals surface area contributed by atoms with Gasteiger partial charge in [0.25, 0.3) is 0 Å². The van der Waals surface area contributed by atoms with Crippen molar-refractivity contribution in [1.82, 2.24) is 9.88 Å². The van der Waals surface area contributed by atoms with Gasteiger partial charge in [0.2, 0.25) is 0 Å². The van der Waals surface area contributed by atoms with Gasteiger partial charge in [-0.1, -0.05) is 33.4 Å². The Kier molecular flexibility index (Phi) is 6.86. The average Bonchev–Trinajstić information content (AvgIpc) is 2.93. The van der Waals surface area contributed by atoms with Crippen LogP contribution in [0.4, 0.5) is 4.79 Å². The lowest BCUT2D eigenvalue weighted by molar-refractivity contribution is 0.103. The zero-order valence-corrected chi connectivity index (χ0v) is 18.6. The highest BCUT2D eigenvalue weighted by molar-refractivity contribution is 6.74. The third-order valence-electron chi connectivity index (χ3n) is 5.64. The molecule has 0 unspecified atom stereocenters. The molecule has 2 rings (SSSR count). The maximum absolute atomic E-state index is 12.6. The first kappa shape index (κ1) is 21.6. The van der Waals surface area contributed by atoms with Crippen LogP contribution in [0.1, 0.15) is 38.4 Å². The standard InChI is InChI=1S/C21H34N2O3Si/c1-8-11-25-20(24)23-15-19(26-27(6,7)21(3,4)5)14-18(23)13-17-9-10-22-16(2)12-17/h8-10,12,18-19H,1,11,13-15H2,2-7H3/t18-,19-/m1/s1. The molecular formula is C21H34N2O3Si. The Morgan fingerprint density at radius 3 is 2.74 bits per heavy atom. The van der Waals surface area contributed by atoms with Crippen LogP contribution in [0, 0.1) is 6.92 Å². The Labute approximate surface area is 164 Å². The Morgan fingerprint density at radius 1 is 1.44 bits per heavy atom. The van der Waals surface area contributed by atoms with E-state index in [1.807, 2.05) is 24.1 Å². The minimum Gasteiger partial charge on any atom is -0.445 e. The average molecular weight is 391 g/mol. The molecule has 150 valence electrons. The smallest absolute Gasteiger partial charge is 0.410 e. The third kappa shape index (κ3) is 5.66. The van der Waals surface area contributed by atoms with Crippen LogP contribution >= 0.6 is 0 Å². The zero-order valence-electron chi connectivity index (χ0n) is 17.6. The van der Waals surface area contributed by atoms with Gasteiger partial charge in [-0.05, 0) is 55.6 Å². The van der Waals surface area contributed by atoms with Crippen molar-refractivity contribution in [3.05, 3.63) is 42.2 Å². The van der Waals surface area contributed by atoms with Gasteiger partial charge in [0.1, 0.15) is 6.61 Å². The van der Waals surface area contributed by atoms with Crippen molar-refractivity contribution in [1.29, 1.82) is 0 Å². The molecule has 0 bridgehead atoms. The van der Waals surface area contributed by atoms with E-state index >= 15 is 0 Å². The molecule has 0 spiro atoms. The molecule has 0 N–H and O–H groups in total. The lowest BCUT2D eigenvalue weighted by atomic mass is 10.0. The number of ether oxygens (including phenoxy) is 1. The highest BCUT2D eigenvalue weighted by Gasteiger charge is 2.43. The summed E-state index contributed by atoms with van der Waals surface area (Å²) in [6.07, 6.45) is 4.80. The number of carbonyl (C=O) groups excluding carboxylic acids is 1. The number of aryl methyl sites for hydroxylation is 1. The van der Waals surface area contributed by atoms with Gasteiger partial charge in [-0.15, -0.1) is 0 Å². The molecule has 0 aliphatic carbocycles. The molecule has 0 radical (unpaired) electrons. The Bertz CT molecular complexity index is 670. The fourth-order valence-corrected chi connectivity index (χ4v) is 4.54. The van der Waals surface area contributed by atoms with Crippen LogP contribution in [-0.4, -0.2) is 49.6 Å². The topological polar surface area (TPSA) is 51.7 Å². The summed E-state index contributed by atoms with van der Waals surface area (Å²) in [5.74, 6) is 0. The molecule has 0 saturated carbocycles. The molecule has 1 aliphatic rings. The van der Waals surface area contributed by atoms with Crippen LogP contribution < -0.4 is 0 Å². The Hall–Kier alpha value is -1.66. The monoisotopic (exact) mass is 390 g/mol. The van der Waals surface area contributed by atoms with Crippen molar-refractivity contribution in [2.75, 3.05) is 13.2 Å². The van der Waals surface area contributed by atoms with Crippen molar-refractivity contribution in [3.63, 3.8) is 0 Å². The number of hydrogen-bond acceptors (Lipinski definition) is 4. The molecular weight excluding hydrogens is 356 g/mol. The van der Waals surface area contributed by atoms with E-state index in [1.54, 1.807) is 6.08 Å². The van der Waals surface area contributed by atoms with E-state index in [0.29, 0.717) is 6.54 Å². The molecule has 5 nitrogen and oxygen atoms in total. The second kappa shape index (κ2) is 8.57. The second-order valence-electron chi connectivity index (χ2n) is 8.92. The molecule has 1 aromatic rings. The van der Waals surface area contributed by atoms with Crippen LogP contribution in [0.25, 0.3) is 0 Å². The van der Waals surface area contributed by atoms with E-state index in [-0.39, 0.29) is 29.9 Å². The van der Waals surface area contributed by atoms with Crippen LogP contribution in [0.5, 0.6) is 0 Å². The molecule has 2 heterocycles. The summed E-state index contributed by atoms with van der Waals surface area (Å²) in [5, 5.41) is 0.140. The first-order valence-corrected chi connectivity index (χ1v) is 12.6. The van der Waals surface area contributed by atoms with Gasteiger partial charge >= 0.3 is 6.09 Å². The molecule has 1 aromatic heterocycles. The van der Waals surface area contributed by atoms with E-state index in [0.717, 1.165) is 18.5 Å². The second-order valence-corrected chi connectivity index (χ2v) is 13.7. The minimum absolute atomic E-state index is 0.0510. The number of rotatable bonds is 6. The summed E-state index contributed by atoms with van der Waals surface area (Å²) < 4.78 is 11.9. The summed E-state index contributed by atoms with van der Waals surface area (Å²) in [6, 6.07) is 4.16. The van der Waals surface area contributed by atoms with Crippen molar-refractivity contribution in [2.45, 2.75) is 70.8 Å². The Balaban J connectivity index is 2.15. The zero-order chi connectivity index (χ0) is 20.2. The first-order chi connectivity index (χ1) is 12.5. The minimum atomic E-state index is -1.90. The molecule has 1 amide bonds. The number of nitrogens with zero attached hydrogens (tertiary/aromatic N) is 2. The highest BCUT2D eigenvalue weighted by atomic mass is 28.4. The predicted molar refractivity (Wildman–Crippen MR) is 111 cm³/mol. The summed E-state index contributed by atoms with van der Waals surface area (Å²) >= 11 is 0. The van der Waals surface area contributed by atoms with Crippen molar-refractivity contribution >= 4 is 14.4 Å². The predicted octanol–water partition coefficient (Wildman–Crippen LogP) is 4.72. The molecule has 2 atom stereocenters. The van der Waals surface area contributed by atoms with Crippen molar-refractivity contribution in [3.8, 4) is 0 Å². The third-order valence-corrected chi connectivity index (χ3v) is 10.2. The lowest BCUT2D eigenvalue weighted by Gasteiger charge is -2.38. The maximum Gasteiger partial charge on any atom is 0.410 e.